The third-order valence-electron chi connectivity index (χ3n) is 3.27. The van der Waals surface area contributed by atoms with Gasteiger partial charge in [-0.15, -0.1) is 0 Å². The van der Waals surface area contributed by atoms with Crippen LogP contribution in [0.3, 0.4) is 0 Å². The number of benzene rings is 2. The van der Waals surface area contributed by atoms with E-state index in [-0.39, 0.29) is 6.61 Å². The smallest absolute Gasteiger partial charge is 0.331 e. The van der Waals surface area contributed by atoms with E-state index >= 15 is 0 Å². The maximum Gasteiger partial charge on any atom is 0.331 e. The minimum Gasteiger partial charge on any atom is -0.497 e. The zero-order chi connectivity index (χ0) is 18.2. The Balaban J connectivity index is 1.82. The van der Waals surface area contributed by atoms with Crippen LogP contribution in [-0.2, 0) is 14.3 Å². The van der Waals surface area contributed by atoms with Crippen LogP contribution >= 0.6 is 15.9 Å². The molecule has 0 aliphatic heterocycles. The predicted molar refractivity (Wildman–Crippen MR) is 100 cm³/mol. The fourth-order valence-corrected chi connectivity index (χ4v) is 2.61. The average molecular weight is 404 g/mol. The Bertz CT molecular complexity index is 785. The summed E-state index contributed by atoms with van der Waals surface area (Å²) >= 11 is 3.43. The van der Waals surface area contributed by atoms with E-state index in [1.54, 1.807) is 37.5 Å². The zero-order valence-corrected chi connectivity index (χ0v) is 15.5. The van der Waals surface area contributed by atoms with Gasteiger partial charge >= 0.3 is 5.97 Å². The lowest BCUT2D eigenvalue weighted by molar-refractivity contribution is -0.142. The number of amides is 1. The van der Waals surface area contributed by atoms with Gasteiger partial charge in [-0.05, 0) is 54.5 Å². The first-order valence-corrected chi connectivity index (χ1v) is 8.32. The van der Waals surface area contributed by atoms with E-state index in [0.29, 0.717) is 11.4 Å². The molecule has 2 aromatic carbocycles. The highest BCUT2D eigenvalue weighted by Crippen LogP contribution is 2.19. The molecule has 0 aliphatic carbocycles. The Hall–Kier alpha value is -2.60. The van der Waals surface area contributed by atoms with Gasteiger partial charge in [0.1, 0.15) is 5.75 Å². The average Bonchev–Trinajstić information content (AvgIpc) is 2.60. The summed E-state index contributed by atoms with van der Waals surface area (Å²) in [7, 11) is 1.57. The number of anilines is 1. The summed E-state index contributed by atoms with van der Waals surface area (Å²) in [6.45, 7) is 1.62. The maximum absolute atomic E-state index is 11.8. The van der Waals surface area contributed by atoms with Crippen LogP contribution in [0.4, 0.5) is 5.69 Å². The van der Waals surface area contributed by atoms with Crippen LogP contribution in [0.5, 0.6) is 5.75 Å². The van der Waals surface area contributed by atoms with E-state index in [0.717, 1.165) is 15.6 Å². The van der Waals surface area contributed by atoms with Crippen LogP contribution in [0.2, 0.25) is 0 Å². The molecule has 5 nitrogen and oxygen atoms in total. The number of aryl methyl sites for hydroxylation is 1. The first-order valence-electron chi connectivity index (χ1n) is 7.53. The third kappa shape index (κ3) is 6.08. The first kappa shape index (κ1) is 18.7. The molecule has 0 saturated carbocycles. The highest BCUT2D eigenvalue weighted by atomic mass is 79.9. The fourth-order valence-electron chi connectivity index (χ4n) is 1.98. The first-order chi connectivity index (χ1) is 12.0. The van der Waals surface area contributed by atoms with Crippen molar-refractivity contribution in [3.63, 3.8) is 0 Å². The largest absolute Gasteiger partial charge is 0.497 e. The molecular formula is C19H18BrNO4. The van der Waals surface area contributed by atoms with E-state index in [9.17, 15) is 9.59 Å². The van der Waals surface area contributed by atoms with Crippen LogP contribution in [0.1, 0.15) is 11.1 Å². The van der Waals surface area contributed by atoms with Crippen molar-refractivity contribution < 1.29 is 19.1 Å². The van der Waals surface area contributed by atoms with Crippen molar-refractivity contribution in [1.82, 2.24) is 0 Å². The van der Waals surface area contributed by atoms with Crippen molar-refractivity contribution in [2.45, 2.75) is 6.92 Å². The number of esters is 1. The minimum absolute atomic E-state index is 0.357. The number of hydrogen-bond donors (Lipinski definition) is 1. The molecule has 2 aromatic rings. The lowest BCUT2D eigenvalue weighted by Gasteiger charge is -2.06. The minimum atomic E-state index is -0.586. The van der Waals surface area contributed by atoms with Crippen LogP contribution in [0.15, 0.2) is 53.0 Å². The van der Waals surface area contributed by atoms with E-state index in [4.69, 9.17) is 9.47 Å². The number of nitrogens with one attached hydrogen (secondary N) is 1. The molecule has 0 unspecified atom stereocenters. The Morgan fingerprint density at radius 2 is 1.88 bits per heavy atom. The monoisotopic (exact) mass is 403 g/mol. The summed E-state index contributed by atoms with van der Waals surface area (Å²) in [5.41, 5.74) is 2.56. The van der Waals surface area contributed by atoms with Crippen molar-refractivity contribution in [3.8, 4) is 5.75 Å². The van der Waals surface area contributed by atoms with E-state index in [2.05, 4.69) is 21.2 Å². The molecule has 1 amide bonds. The second-order valence-corrected chi connectivity index (χ2v) is 6.10. The lowest BCUT2D eigenvalue weighted by atomic mass is 10.1. The number of halogens is 1. The number of carbonyl (C=O) groups excluding carboxylic acids is 2. The lowest BCUT2D eigenvalue weighted by Crippen LogP contribution is -2.20. The van der Waals surface area contributed by atoms with Gasteiger partial charge in [-0.25, -0.2) is 4.79 Å². The summed E-state index contributed by atoms with van der Waals surface area (Å²) in [6, 6.07) is 12.6. The molecule has 0 radical (unpaired) electrons. The maximum atomic E-state index is 11.8. The Labute approximate surface area is 154 Å². The van der Waals surface area contributed by atoms with Crippen LogP contribution < -0.4 is 10.1 Å². The highest BCUT2D eigenvalue weighted by Gasteiger charge is 2.06. The number of ether oxygens (including phenoxy) is 2. The molecular weight excluding hydrogens is 386 g/mol. The van der Waals surface area contributed by atoms with Crippen molar-refractivity contribution in [2.75, 3.05) is 19.0 Å². The Morgan fingerprint density at radius 3 is 2.52 bits per heavy atom. The molecule has 0 aliphatic rings. The molecule has 0 atom stereocenters. The van der Waals surface area contributed by atoms with Gasteiger partial charge in [0.05, 0.1) is 7.11 Å². The number of rotatable bonds is 6. The molecule has 0 saturated heterocycles. The molecule has 25 heavy (non-hydrogen) atoms. The molecule has 1 N–H and O–H groups in total. The van der Waals surface area contributed by atoms with Gasteiger partial charge in [-0.2, -0.15) is 0 Å². The molecule has 0 fully saturated rings. The third-order valence-corrected chi connectivity index (χ3v) is 3.96. The van der Waals surface area contributed by atoms with Crippen molar-refractivity contribution in [3.05, 3.63) is 64.1 Å². The van der Waals surface area contributed by atoms with Crippen molar-refractivity contribution >= 4 is 39.6 Å². The SMILES string of the molecule is COc1ccc(NC(=O)COC(=O)/C=C/c2ccc(C)cc2Br)cc1. The van der Waals surface area contributed by atoms with Gasteiger partial charge in [-0.1, -0.05) is 28.1 Å². The van der Waals surface area contributed by atoms with E-state index < -0.39 is 11.9 Å². The molecule has 0 heterocycles. The van der Waals surface area contributed by atoms with E-state index in [1.807, 2.05) is 25.1 Å². The summed E-state index contributed by atoms with van der Waals surface area (Å²) in [4.78, 5) is 23.5. The quantitative estimate of drug-likeness (QED) is 0.585. The molecule has 0 bridgehead atoms. The predicted octanol–water partition coefficient (Wildman–Crippen LogP) is 3.96. The Kier molecular flexibility index (Phi) is 6.77. The van der Waals surface area contributed by atoms with Crippen LogP contribution in [-0.4, -0.2) is 25.6 Å². The van der Waals surface area contributed by atoms with Crippen LogP contribution in [0.25, 0.3) is 6.08 Å². The molecule has 6 heteroatoms. The summed E-state index contributed by atoms with van der Waals surface area (Å²) in [5.74, 6) is -0.308. The second-order valence-electron chi connectivity index (χ2n) is 5.24. The molecule has 130 valence electrons. The van der Waals surface area contributed by atoms with Gasteiger partial charge in [0, 0.05) is 16.2 Å². The molecule has 2 rings (SSSR count). The number of hydrogen-bond acceptors (Lipinski definition) is 4. The summed E-state index contributed by atoms with van der Waals surface area (Å²) in [6.07, 6.45) is 2.92. The van der Waals surface area contributed by atoms with Crippen molar-refractivity contribution in [2.24, 2.45) is 0 Å². The zero-order valence-electron chi connectivity index (χ0n) is 13.9. The van der Waals surface area contributed by atoms with E-state index in [1.165, 1.54) is 6.08 Å². The molecule has 0 spiro atoms. The summed E-state index contributed by atoms with van der Waals surface area (Å²) < 4.78 is 10.8. The summed E-state index contributed by atoms with van der Waals surface area (Å²) in [5, 5.41) is 2.63. The fraction of sp³-hybridized carbons (Fsp3) is 0.158. The van der Waals surface area contributed by atoms with Gasteiger partial charge in [0.2, 0.25) is 0 Å². The van der Waals surface area contributed by atoms with Gasteiger partial charge in [-0.3, -0.25) is 4.79 Å². The van der Waals surface area contributed by atoms with Crippen LogP contribution in [0, 0.1) is 6.92 Å². The normalized spacial score (nSPS) is 10.5. The van der Waals surface area contributed by atoms with Gasteiger partial charge < -0.3 is 14.8 Å². The van der Waals surface area contributed by atoms with Crippen molar-refractivity contribution in [1.29, 1.82) is 0 Å². The standard InChI is InChI=1S/C19H18BrNO4/c1-13-3-4-14(17(20)11-13)5-10-19(23)25-12-18(22)21-15-6-8-16(24-2)9-7-15/h3-11H,12H2,1-2H3,(H,21,22)/b10-5+. The number of methoxy groups -OCH3 is 1. The molecule has 0 aromatic heterocycles. The Morgan fingerprint density at radius 1 is 1.16 bits per heavy atom. The van der Waals surface area contributed by atoms with Gasteiger partial charge in [0.15, 0.2) is 6.61 Å². The number of carbonyl (C=O) groups is 2. The second kappa shape index (κ2) is 9.03. The van der Waals surface area contributed by atoms with Gasteiger partial charge in [0.25, 0.3) is 5.91 Å². The highest BCUT2D eigenvalue weighted by molar-refractivity contribution is 9.10. The topological polar surface area (TPSA) is 64.6 Å².